The van der Waals surface area contributed by atoms with Crippen LogP contribution in [0.25, 0.3) is 22.8 Å². The molecule has 0 radical (unpaired) electrons. The highest BCUT2D eigenvalue weighted by molar-refractivity contribution is 7.99. The average Bonchev–Trinajstić information content (AvgIpc) is 3.47. The lowest BCUT2D eigenvalue weighted by atomic mass is 10.1. The van der Waals surface area contributed by atoms with Gasteiger partial charge in [0, 0.05) is 35.7 Å². The van der Waals surface area contributed by atoms with Gasteiger partial charge in [-0.05, 0) is 36.8 Å². The first kappa shape index (κ1) is 23.6. The van der Waals surface area contributed by atoms with Gasteiger partial charge in [0.15, 0.2) is 11.6 Å². The molecule has 3 aromatic heterocycles. The second kappa shape index (κ2) is 10.7. The highest BCUT2D eigenvalue weighted by Gasteiger charge is 2.14. The zero-order valence-corrected chi connectivity index (χ0v) is 21.1. The Bertz CT molecular complexity index is 1540. The fourth-order valence-electron chi connectivity index (χ4n) is 3.58. The molecule has 0 amide bonds. The minimum atomic E-state index is 0.425. The maximum atomic E-state index is 6.27. The number of nitrogens with one attached hydrogen (secondary N) is 1. The largest absolute Gasteiger partial charge is 0.335 e. The minimum absolute atomic E-state index is 0.425. The highest BCUT2D eigenvalue weighted by atomic mass is 32.2. The Labute approximate surface area is 217 Å². The molecular weight excluding hydrogens is 490 g/mol. The molecule has 3 N–H and O–H groups in total. The molecular formula is C25H23N9S2. The molecule has 36 heavy (non-hydrogen) atoms. The fourth-order valence-corrected chi connectivity index (χ4v) is 4.56. The van der Waals surface area contributed by atoms with Gasteiger partial charge in [-0.3, -0.25) is 4.98 Å². The van der Waals surface area contributed by atoms with Crippen LogP contribution in [0.15, 0.2) is 89.4 Å². The lowest BCUT2D eigenvalue weighted by molar-refractivity contribution is 0.847. The third kappa shape index (κ3) is 5.11. The van der Waals surface area contributed by atoms with E-state index < -0.39 is 0 Å². The van der Waals surface area contributed by atoms with Crippen molar-refractivity contribution >= 4 is 29.7 Å². The molecule has 9 nitrogen and oxygen atoms in total. The normalized spacial score (nSPS) is 11.6. The van der Waals surface area contributed by atoms with Gasteiger partial charge < -0.3 is 5.84 Å². The van der Waals surface area contributed by atoms with Crippen LogP contribution in [0.2, 0.25) is 0 Å². The van der Waals surface area contributed by atoms with Crippen molar-refractivity contribution in [3.8, 4) is 22.8 Å². The summed E-state index contributed by atoms with van der Waals surface area (Å²) < 4.78 is 3.59. The summed E-state index contributed by atoms with van der Waals surface area (Å²) in [5, 5.41) is 21.3. The minimum Gasteiger partial charge on any atom is -0.335 e. The molecule has 3 heterocycles. The van der Waals surface area contributed by atoms with E-state index in [2.05, 4.69) is 25.4 Å². The number of aromatic amines is 1. The van der Waals surface area contributed by atoms with Crippen molar-refractivity contribution in [3.05, 3.63) is 95.0 Å². The van der Waals surface area contributed by atoms with Crippen LogP contribution in [0.4, 0.5) is 0 Å². The first-order valence-electron chi connectivity index (χ1n) is 11.2. The summed E-state index contributed by atoms with van der Waals surface area (Å²) in [5.41, 5.74) is 4.77. The van der Waals surface area contributed by atoms with Crippen molar-refractivity contribution in [2.45, 2.75) is 18.5 Å². The molecule has 0 saturated heterocycles. The van der Waals surface area contributed by atoms with Crippen LogP contribution in [0, 0.1) is 11.7 Å². The standard InChI is InChI=1S/C25H23N9S2/c1-17-9-11-19(12-10-17)23-29-30-24(35)34(23)32-21(18-6-3-2-4-7-18)13-15-36-25-31-28-22(33(25)26)20-8-5-14-27-16-20/h2-12,14,16H,13,15,26H2,1H3,(H,30,35)/b32-21+. The van der Waals surface area contributed by atoms with E-state index in [1.54, 1.807) is 17.1 Å². The van der Waals surface area contributed by atoms with Crippen molar-refractivity contribution in [2.75, 3.05) is 11.6 Å². The number of nitrogens with two attached hydrogens (primary N) is 1. The van der Waals surface area contributed by atoms with Crippen LogP contribution < -0.4 is 5.84 Å². The lowest BCUT2D eigenvalue weighted by Crippen LogP contribution is -2.12. The molecule has 0 bridgehead atoms. The molecule has 0 saturated carbocycles. The topological polar surface area (TPSA) is 116 Å². The van der Waals surface area contributed by atoms with E-state index in [-0.39, 0.29) is 0 Å². The second-order valence-electron chi connectivity index (χ2n) is 7.96. The number of thioether (sulfide) groups is 1. The lowest BCUT2D eigenvalue weighted by Gasteiger charge is -2.09. The zero-order chi connectivity index (χ0) is 24.9. The van der Waals surface area contributed by atoms with Crippen LogP contribution in [0.1, 0.15) is 17.5 Å². The summed E-state index contributed by atoms with van der Waals surface area (Å²) in [6.07, 6.45) is 4.06. The SMILES string of the molecule is Cc1ccc(-c2n[nH]c(=S)n2/N=C(\CCSc2nnc(-c3cccnc3)n2N)c2ccccc2)cc1. The van der Waals surface area contributed by atoms with Gasteiger partial charge in [0.2, 0.25) is 9.93 Å². The Morgan fingerprint density at radius 2 is 1.81 bits per heavy atom. The van der Waals surface area contributed by atoms with Gasteiger partial charge in [-0.25, -0.2) is 9.77 Å². The van der Waals surface area contributed by atoms with Gasteiger partial charge in [-0.1, -0.05) is 71.9 Å². The van der Waals surface area contributed by atoms with Crippen LogP contribution in [0.5, 0.6) is 0 Å². The van der Waals surface area contributed by atoms with E-state index in [0.29, 0.717) is 33.7 Å². The summed E-state index contributed by atoms with van der Waals surface area (Å²) >= 11 is 7.02. The predicted molar refractivity (Wildman–Crippen MR) is 145 cm³/mol. The Balaban J connectivity index is 1.41. The number of hydrogen-bond donors (Lipinski definition) is 2. The quantitative estimate of drug-likeness (QED) is 0.133. The number of nitrogens with zero attached hydrogens (tertiary/aromatic N) is 7. The van der Waals surface area contributed by atoms with E-state index in [4.69, 9.17) is 23.2 Å². The average molecular weight is 514 g/mol. The van der Waals surface area contributed by atoms with Crippen LogP contribution in [-0.4, -0.2) is 46.2 Å². The number of aromatic nitrogens is 7. The maximum Gasteiger partial charge on any atom is 0.216 e. The van der Waals surface area contributed by atoms with E-state index in [0.717, 1.165) is 22.4 Å². The molecule has 11 heteroatoms. The molecule has 2 aromatic carbocycles. The Hall–Kier alpha value is -4.09. The van der Waals surface area contributed by atoms with Gasteiger partial charge >= 0.3 is 0 Å². The smallest absolute Gasteiger partial charge is 0.216 e. The number of hydrogen-bond acceptors (Lipinski definition) is 8. The molecule has 0 atom stereocenters. The molecule has 0 aliphatic heterocycles. The number of nitrogen functional groups attached to an aromatic ring is 1. The van der Waals surface area contributed by atoms with Crippen molar-refractivity contribution in [2.24, 2.45) is 5.10 Å². The summed E-state index contributed by atoms with van der Waals surface area (Å²) in [6, 6.07) is 21.9. The first-order chi connectivity index (χ1) is 17.6. The van der Waals surface area contributed by atoms with Crippen LogP contribution in [-0.2, 0) is 0 Å². The summed E-state index contributed by atoms with van der Waals surface area (Å²) in [7, 11) is 0. The molecule has 0 aliphatic carbocycles. The van der Waals surface area contributed by atoms with E-state index in [1.165, 1.54) is 22.0 Å². The van der Waals surface area contributed by atoms with Crippen LogP contribution >= 0.6 is 24.0 Å². The van der Waals surface area contributed by atoms with E-state index >= 15 is 0 Å². The van der Waals surface area contributed by atoms with E-state index in [9.17, 15) is 0 Å². The number of benzene rings is 2. The van der Waals surface area contributed by atoms with Gasteiger partial charge in [-0.15, -0.1) is 10.2 Å². The third-order valence-electron chi connectivity index (χ3n) is 5.44. The zero-order valence-electron chi connectivity index (χ0n) is 19.4. The fraction of sp³-hybridized carbons (Fsp3) is 0.120. The maximum absolute atomic E-state index is 6.27. The molecule has 0 aliphatic rings. The molecule has 0 unspecified atom stereocenters. The number of aryl methyl sites for hydroxylation is 1. The Morgan fingerprint density at radius 1 is 1.00 bits per heavy atom. The molecule has 0 spiro atoms. The molecule has 5 rings (SSSR count). The highest BCUT2D eigenvalue weighted by Crippen LogP contribution is 2.23. The van der Waals surface area contributed by atoms with Gasteiger partial charge in [0.1, 0.15) is 0 Å². The van der Waals surface area contributed by atoms with Gasteiger partial charge in [0.25, 0.3) is 0 Å². The number of H-pyrrole nitrogens is 1. The number of rotatable bonds is 8. The molecule has 0 fully saturated rings. The third-order valence-corrected chi connectivity index (χ3v) is 6.65. The Kier molecular flexibility index (Phi) is 7.01. The van der Waals surface area contributed by atoms with Crippen molar-refractivity contribution in [3.63, 3.8) is 0 Å². The van der Waals surface area contributed by atoms with Gasteiger partial charge in [0.05, 0.1) is 5.71 Å². The number of pyridine rings is 1. The first-order valence-corrected chi connectivity index (χ1v) is 12.6. The Morgan fingerprint density at radius 3 is 2.56 bits per heavy atom. The molecule has 5 aromatic rings. The monoisotopic (exact) mass is 513 g/mol. The summed E-state index contributed by atoms with van der Waals surface area (Å²) in [4.78, 5) is 4.13. The second-order valence-corrected chi connectivity index (χ2v) is 9.41. The molecule has 180 valence electrons. The van der Waals surface area contributed by atoms with Crippen molar-refractivity contribution < 1.29 is 0 Å². The predicted octanol–water partition coefficient (Wildman–Crippen LogP) is 4.72. The van der Waals surface area contributed by atoms with Crippen LogP contribution in [0.3, 0.4) is 0 Å². The summed E-state index contributed by atoms with van der Waals surface area (Å²) in [5.74, 6) is 8.17. The van der Waals surface area contributed by atoms with Gasteiger partial charge in [-0.2, -0.15) is 14.9 Å². The van der Waals surface area contributed by atoms with E-state index in [1.807, 2.05) is 73.7 Å². The van der Waals surface area contributed by atoms with Crippen molar-refractivity contribution in [1.29, 1.82) is 0 Å². The summed E-state index contributed by atoms with van der Waals surface area (Å²) in [6.45, 7) is 2.05. The van der Waals surface area contributed by atoms with Crippen molar-refractivity contribution in [1.82, 2.24) is 34.7 Å².